The SMILES string of the molecule is CCS(=O)(=O)CC(C)Nc1ccc(-n2cncn2)c(F)c1. The molecule has 0 bridgehead atoms. The Balaban J connectivity index is 2.10. The van der Waals surface area contributed by atoms with Gasteiger partial charge >= 0.3 is 0 Å². The average Bonchev–Trinajstić information content (AvgIpc) is 2.92. The fourth-order valence-corrected chi connectivity index (χ4v) is 3.02. The molecule has 1 heterocycles. The summed E-state index contributed by atoms with van der Waals surface area (Å²) >= 11 is 0. The van der Waals surface area contributed by atoms with E-state index in [4.69, 9.17) is 0 Å². The van der Waals surface area contributed by atoms with Crippen LogP contribution in [0.15, 0.2) is 30.9 Å². The lowest BCUT2D eigenvalue weighted by Crippen LogP contribution is -2.26. The number of aromatic nitrogens is 3. The minimum absolute atomic E-state index is 0.00987. The summed E-state index contributed by atoms with van der Waals surface area (Å²) in [5, 5.41) is 6.84. The van der Waals surface area contributed by atoms with Crippen molar-refractivity contribution in [2.45, 2.75) is 19.9 Å². The standard InChI is InChI=1S/C13H17FN4O2S/c1-3-21(19,20)7-10(2)17-11-4-5-13(12(14)6-11)18-9-15-8-16-18/h4-6,8-10,17H,3,7H2,1-2H3. The number of rotatable bonds is 6. The summed E-state index contributed by atoms with van der Waals surface area (Å²) in [5.41, 5.74) is 0.807. The molecule has 0 saturated heterocycles. The lowest BCUT2D eigenvalue weighted by Gasteiger charge is -2.15. The summed E-state index contributed by atoms with van der Waals surface area (Å²) in [5.74, 6) is -0.356. The quantitative estimate of drug-likeness (QED) is 0.877. The Morgan fingerprint density at radius 3 is 2.76 bits per heavy atom. The second kappa shape index (κ2) is 6.21. The molecule has 1 aromatic carbocycles. The second-order valence-electron chi connectivity index (χ2n) is 4.75. The molecule has 2 rings (SSSR count). The fraction of sp³-hybridized carbons (Fsp3) is 0.385. The summed E-state index contributed by atoms with van der Waals surface area (Å²) in [6.45, 7) is 3.35. The Bertz CT molecular complexity index is 701. The first kappa shape index (κ1) is 15.4. The highest BCUT2D eigenvalue weighted by Crippen LogP contribution is 2.18. The number of anilines is 1. The summed E-state index contributed by atoms with van der Waals surface area (Å²) in [4.78, 5) is 3.76. The van der Waals surface area contributed by atoms with Crippen LogP contribution in [-0.4, -0.2) is 40.7 Å². The third-order valence-electron chi connectivity index (χ3n) is 2.97. The number of hydrogen-bond acceptors (Lipinski definition) is 5. The van der Waals surface area contributed by atoms with E-state index in [1.807, 2.05) is 0 Å². The molecular formula is C13H17FN4O2S. The lowest BCUT2D eigenvalue weighted by molar-refractivity contribution is 0.593. The molecule has 8 heteroatoms. The van der Waals surface area contributed by atoms with Crippen LogP contribution in [0.2, 0.25) is 0 Å². The van der Waals surface area contributed by atoms with Crippen molar-refractivity contribution in [1.29, 1.82) is 0 Å². The molecule has 1 unspecified atom stereocenters. The van der Waals surface area contributed by atoms with Crippen molar-refractivity contribution in [3.8, 4) is 5.69 Å². The molecule has 1 atom stereocenters. The van der Waals surface area contributed by atoms with Gasteiger partial charge in [-0.05, 0) is 25.1 Å². The molecule has 114 valence electrons. The highest BCUT2D eigenvalue weighted by molar-refractivity contribution is 7.91. The zero-order valence-corrected chi connectivity index (χ0v) is 12.6. The van der Waals surface area contributed by atoms with Gasteiger partial charge in [0.2, 0.25) is 0 Å². The Morgan fingerprint density at radius 1 is 1.43 bits per heavy atom. The first-order chi connectivity index (χ1) is 9.91. The Kier molecular flexibility index (Phi) is 4.56. The third kappa shape index (κ3) is 4.01. The van der Waals surface area contributed by atoms with Gasteiger partial charge in [-0.2, -0.15) is 5.10 Å². The maximum absolute atomic E-state index is 14.0. The topological polar surface area (TPSA) is 76.9 Å². The molecule has 0 radical (unpaired) electrons. The Hall–Kier alpha value is -1.96. The van der Waals surface area contributed by atoms with Crippen LogP contribution in [0.25, 0.3) is 5.69 Å². The highest BCUT2D eigenvalue weighted by atomic mass is 32.2. The molecule has 0 aliphatic carbocycles. The number of nitrogens with one attached hydrogen (secondary N) is 1. The molecule has 2 aromatic rings. The minimum Gasteiger partial charge on any atom is -0.381 e. The monoisotopic (exact) mass is 312 g/mol. The van der Waals surface area contributed by atoms with Crippen molar-refractivity contribution < 1.29 is 12.8 Å². The van der Waals surface area contributed by atoms with Crippen LogP contribution in [0.3, 0.4) is 0 Å². The van der Waals surface area contributed by atoms with E-state index in [0.29, 0.717) is 5.69 Å². The summed E-state index contributed by atoms with van der Waals surface area (Å²) in [6, 6.07) is 4.25. The minimum atomic E-state index is -3.07. The first-order valence-electron chi connectivity index (χ1n) is 6.53. The van der Waals surface area contributed by atoms with Crippen LogP contribution in [0.1, 0.15) is 13.8 Å². The number of sulfone groups is 1. The zero-order chi connectivity index (χ0) is 15.5. The van der Waals surface area contributed by atoms with Crippen molar-refractivity contribution in [2.75, 3.05) is 16.8 Å². The number of nitrogens with zero attached hydrogens (tertiary/aromatic N) is 3. The van der Waals surface area contributed by atoms with E-state index in [9.17, 15) is 12.8 Å². The van der Waals surface area contributed by atoms with Crippen LogP contribution >= 0.6 is 0 Å². The maximum atomic E-state index is 14.0. The summed E-state index contributed by atoms with van der Waals surface area (Å²) in [7, 11) is -3.07. The van der Waals surface area contributed by atoms with Gasteiger partial charge in [-0.15, -0.1) is 0 Å². The summed E-state index contributed by atoms with van der Waals surface area (Å²) in [6.07, 6.45) is 2.73. The van der Waals surface area contributed by atoms with Gasteiger partial charge in [0.25, 0.3) is 0 Å². The molecule has 0 saturated carbocycles. The number of halogens is 1. The molecule has 6 nitrogen and oxygen atoms in total. The van der Waals surface area contributed by atoms with E-state index in [0.717, 1.165) is 0 Å². The van der Waals surface area contributed by atoms with Crippen LogP contribution in [0, 0.1) is 5.82 Å². The van der Waals surface area contributed by atoms with Gasteiger partial charge in [0, 0.05) is 17.5 Å². The van der Waals surface area contributed by atoms with Crippen molar-refractivity contribution >= 4 is 15.5 Å². The predicted molar refractivity (Wildman–Crippen MR) is 78.7 cm³/mol. The molecule has 0 amide bonds. The highest BCUT2D eigenvalue weighted by Gasteiger charge is 2.14. The Morgan fingerprint density at radius 2 is 2.19 bits per heavy atom. The van der Waals surface area contributed by atoms with E-state index < -0.39 is 15.7 Å². The van der Waals surface area contributed by atoms with Crippen LogP contribution in [0.4, 0.5) is 10.1 Å². The van der Waals surface area contributed by atoms with Crippen molar-refractivity contribution in [3.05, 3.63) is 36.7 Å². The average molecular weight is 312 g/mol. The first-order valence-corrected chi connectivity index (χ1v) is 8.35. The zero-order valence-electron chi connectivity index (χ0n) is 11.8. The normalized spacial score (nSPS) is 13.1. The lowest BCUT2D eigenvalue weighted by atomic mass is 10.2. The number of benzene rings is 1. The van der Waals surface area contributed by atoms with Crippen LogP contribution < -0.4 is 5.32 Å². The van der Waals surface area contributed by atoms with Gasteiger partial charge in [0.15, 0.2) is 15.7 Å². The molecule has 0 aliphatic heterocycles. The Labute approximate surface area is 122 Å². The van der Waals surface area contributed by atoms with Gasteiger partial charge in [-0.3, -0.25) is 0 Å². The van der Waals surface area contributed by atoms with Crippen LogP contribution in [0.5, 0.6) is 0 Å². The van der Waals surface area contributed by atoms with Gasteiger partial charge in [0.1, 0.15) is 18.3 Å². The van der Waals surface area contributed by atoms with E-state index in [1.165, 1.54) is 23.4 Å². The molecule has 0 spiro atoms. The summed E-state index contributed by atoms with van der Waals surface area (Å²) < 4.78 is 38.4. The maximum Gasteiger partial charge on any atom is 0.152 e. The fourth-order valence-electron chi connectivity index (χ4n) is 1.94. The molecule has 0 aliphatic rings. The predicted octanol–water partition coefficient (Wildman–Crippen LogP) is 1.64. The van der Waals surface area contributed by atoms with Crippen molar-refractivity contribution in [1.82, 2.24) is 14.8 Å². The molecule has 1 aromatic heterocycles. The van der Waals surface area contributed by atoms with Crippen molar-refractivity contribution in [2.24, 2.45) is 0 Å². The molecule has 1 N–H and O–H groups in total. The number of hydrogen-bond donors (Lipinski definition) is 1. The van der Waals surface area contributed by atoms with E-state index in [1.54, 1.807) is 26.0 Å². The van der Waals surface area contributed by atoms with E-state index in [2.05, 4.69) is 15.4 Å². The second-order valence-corrected chi connectivity index (χ2v) is 7.15. The van der Waals surface area contributed by atoms with Gasteiger partial charge in [-0.1, -0.05) is 6.92 Å². The van der Waals surface area contributed by atoms with Crippen molar-refractivity contribution in [3.63, 3.8) is 0 Å². The van der Waals surface area contributed by atoms with Gasteiger partial charge < -0.3 is 5.32 Å². The molecule has 21 heavy (non-hydrogen) atoms. The largest absolute Gasteiger partial charge is 0.381 e. The van der Waals surface area contributed by atoms with Crippen LogP contribution in [-0.2, 0) is 9.84 Å². The molecule has 0 fully saturated rings. The van der Waals surface area contributed by atoms with E-state index >= 15 is 0 Å². The molecular weight excluding hydrogens is 295 g/mol. The smallest absolute Gasteiger partial charge is 0.152 e. The van der Waals surface area contributed by atoms with E-state index in [-0.39, 0.29) is 23.2 Å². The third-order valence-corrected chi connectivity index (χ3v) is 4.86. The van der Waals surface area contributed by atoms with Gasteiger partial charge in [0.05, 0.1) is 5.75 Å². The van der Waals surface area contributed by atoms with Gasteiger partial charge in [-0.25, -0.2) is 22.5 Å².